The Hall–Kier alpha value is -4.46. The number of nitrogens with two attached hydrogens (primary N) is 1. The van der Waals surface area contributed by atoms with Crippen molar-refractivity contribution in [3.63, 3.8) is 0 Å². The van der Waals surface area contributed by atoms with Crippen LogP contribution >= 0.6 is 0 Å². The van der Waals surface area contributed by atoms with E-state index in [9.17, 15) is 19.2 Å². The van der Waals surface area contributed by atoms with Crippen molar-refractivity contribution < 1.29 is 33.8 Å². The second kappa shape index (κ2) is 29.3. The van der Waals surface area contributed by atoms with Crippen LogP contribution in [0.1, 0.15) is 92.5 Å². The SMILES string of the molecule is Cc1nn(COCC[Si](C)(C)C)c(C)c1-c1ccc(CC(=O)[C@@H](N[B]C=O)C2CCCCC2)cc1.Cc1nn(COCC[Si](C)(C)C)c(C)c1-c1ccc(N)cc1.O=C[B]N[C@H](C(=O)O)C1CCCCC1. The molecule has 2 fully saturated rings. The Bertz CT molecular complexity index is 2270. The fraction of sp³-hybridized carbons (Fsp3) is 0.585. The van der Waals surface area contributed by atoms with Crippen molar-refractivity contribution in [1.82, 2.24) is 30.0 Å². The average molecular weight is 1010 g/mol. The first-order chi connectivity index (χ1) is 33.7. The topological polar surface area (TPSA) is 193 Å². The summed E-state index contributed by atoms with van der Waals surface area (Å²) in [7, 11) is 0.399. The number of aliphatic carboxylic acids is 1. The number of hydrogen-bond donors (Lipinski definition) is 4. The van der Waals surface area contributed by atoms with Gasteiger partial charge in [-0.3, -0.25) is 9.59 Å². The number of aromatic nitrogens is 4. The first kappa shape index (κ1) is 59.1. The molecule has 2 atom stereocenters. The molecule has 0 aliphatic heterocycles. The number of aryl methyl sites for hydroxylation is 2. The summed E-state index contributed by atoms with van der Waals surface area (Å²) in [6, 6.07) is 17.6. The lowest BCUT2D eigenvalue weighted by molar-refractivity contribution is -0.140. The van der Waals surface area contributed by atoms with Gasteiger partial charge in [0.1, 0.15) is 13.5 Å². The standard InChI is InChI=1S/C27H41BN3O3Si.C17H27N3OSi.C9H15BNO3/c1-20-26(21(2)31(30-20)19-34-15-16-35(3,4)5)23-13-11-22(12-14-23)17-25(33)27(29-28-18-32)24-9-7-6-8-10-24;1-13-17(15-6-8-16(18)9-7-15)14(2)20(19-13)12-21-10-11-22(3,4)5;12-6-10-11-8(9(13)14)7-4-2-1-3-5-7/h11-14,18,24,27,29H,6-10,15-17,19H2,1-5H3;6-9H,10-12,18H2,1-5H3;6-8,11H,1-5H2,(H,13,14)/t27-;;8-/m0.0/s1. The molecule has 18 heteroatoms. The molecule has 4 aromatic rings. The zero-order valence-corrected chi connectivity index (χ0v) is 46.5. The summed E-state index contributed by atoms with van der Waals surface area (Å²) >= 11 is 0. The molecule has 6 rings (SSSR count). The smallest absolute Gasteiger partial charge is 0.319 e. The van der Waals surface area contributed by atoms with E-state index in [1.54, 1.807) is 0 Å². The van der Waals surface area contributed by atoms with Gasteiger partial charge >= 0.3 is 5.97 Å². The number of carboxylic acid groups (broad SMARTS) is 1. The molecule has 2 aliphatic rings. The van der Waals surface area contributed by atoms with Crippen molar-refractivity contribution in [1.29, 1.82) is 0 Å². The predicted octanol–water partition coefficient (Wildman–Crippen LogP) is 9.42. The van der Waals surface area contributed by atoms with E-state index in [1.165, 1.54) is 39.3 Å². The van der Waals surface area contributed by atoms with Crippen LogP contribution in [0, 0.1) is 39.5 Å². The third-order valence-corrected chi connectivity index (χ3v) is 17.0. The van der Waals surface area contributed by atoms with E-state index in [2.05, 4.69) is 80.8 Å². The molecule has 2 aromatic heterocycles. The van der Waals surface area contributed by atoms with Crippen molar-refractivity contribution in [3.8, 4) is 22.3 Å². The Morgan fingerprint density at radius 1 is 0.676 bits per heavy atom. The van der Waals surface area contributed by atoms with E-state index < -0.39 is 28.2 Å². The van der Waals surface area contributed by atoms with Crippen LogP contribution in [-0.4, -0.2) is 105 Å². The van der Waals surface area contributed by atoms with Crippen LogP contribution in [0.5, 0.6) is 0 Å². The third-order valence-electron chi connectivity index (χ3n) is 13.5. The van der Waals surface area contributed by atoms with Crippen molar-refractivity contribution in [2.45, 2.75) is 175 Å². The van der Waals surface area contributed by atoms with E-state index in [-0.39, 0.29) is 17.7 Å². The number of nitrogen functional groups attached to an aromatic ring is 1. The molecule has 0 bridgehead atoms. The monoisotopic (exact) mass is 1010 g/mol. The summed E-state index contributed by atoms with van der Waals surface area (Å²) in [5, 5.41) is 24.0. The number of carbonyl (C=O) groups excluding carboxylic acids is 3. The molecular weight excluding hydrogens is 924 g/mol. The Balaban J connectivity index is 0.000000258. The van der Waals surface area contributed by atoms with Gasteiger partial charge in [-0.1, -0.05) is 114 Å². The number of hydrogen-bond acceptors (Lipinski definition) is 11. The van der Waals surface area contributed by atoms with Crippen LogP contribution in [-0.2, 0) is 48.5 Å². The van der Waals surface area contributed by atoms with Crippen LogP contribution in [0.4, 0.5) is 5.69 Å². The van der Waals surface area contributed by atoms with Crippen molar-refractivity contribution >= 4 is 60.8 Å². The van der Waals surface area contributed by atoms with Crippen LogP contribution in [0.25, 0.3) is 22.3 Å². The van der Waals surface area contributed by atoms with Crippen molar-refractivity contribution in [3.05, 3.63) is 76.9 Å². The van der Waals surface area contributed by atoms with E-state index in [4.69, 9.17) is 25.4 Å². The van der Waals surface area contributed by atoms with Crippen LogP contribution in [0.3, 0.4) is 0 Å². The molecule has 0 saturated heterocycles. The number of nitrogens with zero attached hydrogens (tertiary/aromatic N) is 4. The Kier molecular flexibility index (Phi) is 24.4. The minimum atomic E-state index is -1.11. The van der Waals surface area contributed by atoms with Gasteiger partial charge in [0.2, 0.25) is 0 Å². The molecule has 5 N–H and O–H groups in total. The highest BCUT2D eigenvalue weighted by Gasteiger charge is 2.30. The van der Waals surface area contributed by atoms with Crippen LogP contribution in [0.15, 0.2) is 48.5 Å². The summed E-state index contributed by atoms with van der Waals surface area (Å²) in [4.78, 5) is 45.0. The van der Waals surface area contributed by atoms with Crippen molar-refractivity contribution in [2.24, 2.45) is 11.8 Å². The summed E-state index contributed by atoms with van der Waals surface area (Å²) in [5.41, 5.74) is 16.3. The molecular formula is C53H83B2N7O7Si2. The number of ether oxygens (including phenoxy) is 2. The van der Waals surface area contributed by atoms with Gasteiger partial charge in [-0.2, -0.15) is 10.2 Å². The van der Waals surface area contributed by atoms with Gasteiger partial charge in [0.15, 0.2) is 5.78 Å². The van der Waals surface area contributed by atoms with Gasteiger partial charge in [0.25, 0.3) is 14.8 Å². The molecule has 71 heavy (non-hydrogen) atoms. The minimum Gasteiger partial charge on any atom is -0.480 e. The maximum Gasteiger partial charge on any atom is 0.319 e. The maximum absolute atomic E-state index is 13.1. The molecule has 2 aliphatic carbocycles. The second-order valence-electron chi connectivity index (χ2n) is 21.8. The predicted molar refractivity (Wildman–Crippen MR) is 295 cm³/mol. The lowest BCUT2D eigenvalue weighted by Crippen LogP contribution is -2.46. The molecule has 2 aromatic carbocycles. The molecule has 2 heterocycles. The van der Waals surface area contributed by atoms with E-state index >= 15 is 0 Å². The van der Waals surface area contributed by atoms with Gasteiger partial charge < -0.3 is 40.4 Å². The summed E-state index contributed by atoms with van der Waals surface area (Å²) in [6.45, 7) is 25.0. The number of rotatable bonds is 24. The minimum absolute atomic E-state index is 0.151. The molecule has 0 spiro atoms. The Morgan fingerprint density at radius 2 is 1.07 bits per heavy atom. The zero-order chi connectivity index (χ0) is 52.1. The number of anilines is 1. The highest BCUT2D eigenvalue weighted by molar-refractivity contribution is 6.76. The fourth-order valence-corrected chi connectivity index (χ4v) is 10.9. The molecule has 2 saturated carbocycles. The maximum atomic E-state index is 13.1. The number of nitrogens with one attached hydrogen (secondary N) is 2. The fourth-order valence-electron chi connectivity index (χ4n) is 9.41. The lowest BCUT2D eigenvalue weighted by atomic mass is 9.79. The largest absolute Gasteiger partial charge is 0.480 e. The first-order valence-corrected chi connectivity index (χ1v) is 33.1. The lowest BCUT2D eigenvalue weighted by Gasteiger charge is -2.29. The van der Waals surface area contributed by atoms with Gasteiger partial charge in [-0.15, -0.1) is 0 Å². The highest BCUT2D eigenvalue weighted by Crippen LogP contribution is 2.31. The highest BCUT2D eigenvalue weighted by atomic mass is 28.3. The summed E-state index contributed by atoms with van der Waals surface area (Å²) in [6.07, 6.45) is 12.6. The molecule has 2 radical (unpaired) electrons. The number of benzene rings is 2. The summed E-state index contributed by atoms with van der Waals surface area (Å²) < 4.78 is 15.6. The molecule has 0 amide bonds. The second-order valence-corrected chi connectivity index (χ2v) is 33.0. The average Bonchev–Trinajstić information content (AvgIpc) is 3.78. The number of carboxylic acids is 1. The van der Waals surface area contributed by atoms with Crippen LogP contribution < -0.4 is 16.2 Å². The third kappa shape index (κ3) is 19.8. The van der Waals surface area contributed by atoms with Gasteiger partial charge in [-0.25, -0.2) is 9.36 Å². The molecule has 14 nitrogen and oxygen atoms in total. The van der Waals surface area contributed by atoms with E-state index in [0.29, 0.717) is 32.0 Å². The van der Waals surface area contributed by atoms with Gasteiger partial charge in [0, 0.05) is 64.0 Å². The van der Waals surface area contributed by atoms with E-state index in [1.807, 2.05) is 59.6 Å². The number of Topliss-reactive ketones (excluding diaryl/α,β-unsaturated/α-hetero) is 1. The van der Waals surface area contributed by atoms with Crippen LogP contribution in [0.2, 0.25) is 51.4 Å². The molecule has 386 valence electrons. The Morgan fingerprint density at radius 3 is 1.46 bits per heavy atom. The van der Waals surface area contributed by atoms with Gasteiger partial charge in [0.05, 0.1) is 35.8 Å². The zero-order valence-electron chi connectivity index (χ0n) is 44.5. The quantitative estimate of drug-likeness (QED) is 0.0225. The Labute approximate surface area is 427 Å². The van der Waals surface area contributed by atoms with E-state index in [0.717, 1.165) is 128 Å². The first-order valence-electron chi connectivity index (χ1n) is 25.7. The number of carbonyl (C=O) groups is 4. The van der Waals surface area contributed by atoms with Crippen molar-refractivity contribution in [2.75, 3.05) is 18.9 Å². The van der Waals surface area contributed by atoms with Gasteiger partial charge in [-0.05, 0) is 106 Å². The normalized spacial score (nSPS) is 15.4. The number of ketones is 1. The summed E-state index contributed by atoms with van der Waals surface area (Å²) in [5.74, 6) is -0.248. The molecule has 0 unspecified atom stereocenters.